The fraction of sp³-hybridized carbons (Fsp3) is 0.500. The van der Waals surface area contributed by atoms with Gasteiger partial charge >= 0.3 is 5.69 Å². The molecule has 0 atom stereocenters. The molecule has 9 nitrogen and oxygen atoms in total. The summed E-state index contributed by atoms with van der Waals surface area (Å²) in [6, 6.07) is 10.2. The number of carbonyl (C=O) groups is 1. The van der Waals surface area contributed by atoms with Gasteiger partial charge in [0.15, 0.2) is 11.2 Å². The summed E-state index contributed by atoms with van der Waals surface area (Å²) in [5, 5.41) is 0. The second-order valence-electron chi connectivity index (χ2n) is 9.36. The number of carbonyl (C=O) groups excluding carboxylic acids is 1. The number of benzene rings is 1. The van der Waals surface area contributed by atoms with Gasteiger partial charge < -0.3 is 14.4 Å². The van der Waals surface area contributed by atoms with Gasteiger partial charge in [0.25, 0.3) is 5.56 Å². The predicted molar refractivity (Wildman–Crippen MR) is 129 cm³/mol. The van der Waals surface area contributed by atoms with Gasteiger partial charge in [0, 0.05) is 51.6 Å². The van der Waals surface area contributed by atoms with Crippen molar-refractivity contribution >= 4 is 23.0 Å². The molecule has 0 unspecified atom stereocenters. The smallest absolute Gasteiger partial charge is 0.329 e. The van der Waals surface area contributed by atoms with Gasteiger partial charge in [-0.2, -0.15) is 4.98 Å². The second-order valence-corrected chi connectivity index (χ2v) is 9.36. The lowest BCUT2D eigenvalue weighted by molar-refractivity contribution is -0.131. The molecule has 0 aliphatic carbocycles. The van der Waals surface area contributed by atoms with E-state index in [2.05, 4.69) is 35.9 Å². The first-order chi connectivity index (χ1) is 15.7. The Bertz CT molecular complexity index is 1260. The highest BCUT2D eigenvalue weighted by Gasteiger charge is 2.30. The molecule has 1 aromatic carbocycles. The summed E-state index contributed by atoms with van der Waals surface area (Å²) in [5.41, 5.74) is 0.694. The van der Waals surface area contributed by atoms with Crippen LogP contribution in [0.3, 0.4) is 0 Å². The molecule has 1 amide bonds. The number of anilines is 1. The maximum absolute atomic E-state index is 12.9. The van der Waals surface area contributed by atoms with Crippen LogP contribution in [0.15, 0.2) is 39.9 Å². The minimum Gasteiger partial charge on any atom is -0.339 e. The first-order valence-corrected chi connectivity index (χ1v) is 11.5. The second kappa shape index (κ2) is 8.88. The Hall–Kier alpha value is -3.36. The molecule has 9 heteroatoms. The molecule has 3 aromatic rings. The summed E-state index contributed by atoms with van der Waals surface area (Å²) >= 11 is 0. The number of imidazole rings is 1. The van der Waals surface area contributed by atoms with Gasteiger partial charge in [-0.25, -0.2) is 4.79 Å². The molecule has 0 bridgehead atoms. The highest BCUT2D eigenvalue weighted by atomic mass is 16.2. The van der Waals surface area contributed by atoms with Gasteiger partial charge in [0.2, 0.25) is 11.9 Å². The molecule has 33 heavy (non-hydrogen) atoms. The maximum atomic E-state index is 12.9. The molecule has 3 heterocycles. The van der Waals surface area contributed by atoms with Crippen molar-refractivity contribution in [2.75, 3.05) is 31.1 Å². The molecular formula is C24H32N6O3. The van der Waals surface area contributed by atoms with E-state index < -0.39 is 11.2 Å². The number of nitrogens with zero attached hydrogens (tertiary/aromatic N) is 5. The van der Waals surface area contributed by atoms with E-state index in [9.17, 15) is 14.4 Å². The predicted octanol–water partition coefficient (Wildman–Crippen LogP) is 1.85. The molecule has 176 valence electrons. The lowest BCUT2D eigenvalue weighted by Crippen LogP contribution is -2.49. The minimum absolute atomic E-state index is 0.176. The number of hydrogen-bond donors (Lipinski definition) is 1. The largest absolute Gasteiger partial charge is 0.339 e. The van der Waals surface area contributed by atoms with E-state index in [-0.39, 0.29) is 11.3 Å². The van der Waals surface area contributed by atoms with Crippen LogP contribution in [0.1, 0.15) is 39.2 Å². The molecular weight excluding hydrogens is 420 g/mol. The third-order valence-electron chi connectivity index (χ3n) is 6.47. The van der Waals surface area contributed by atoms with Crippen LogP contribution >= 0.6 is 0 Å². The van der Waals surface area contributed by atoms with Crippen LogP contribution in [0, 0.1) is 0 Å². The molecule has 1 N–H and O–H groups in total. The standard InChI is InChI=1S/C24H32N6O3/c1-5-9-18(31)28-12-14-29(15-13-28)22-25-20-19(21(32)26-23(33)27(20)4)30(22)16-24(2,3)17-10-7-6-8-11-17/h6-8,10-11H,5,9,12-16H2,1-4H3,(H,26,32,33). The van der Waals surface area contributed by atoms with E-state index in [1.165, 1.54) is 4.57 Å². The Kier molecular flexibility index (Phi) is 6.14. The number of nitrogens with one attached hydrogen (secondary N) is 1. The van der Waals surface area contributed by atoms with Crippen molar-refractivity contribution < 1.29 is 4.79 Å². The van der Waals surface area contributed by atoms with Gasteiger partial charge in [-0.1, -0.05) is 51.1 Å². The normalized spacial score (nSPS) is 14.8. The molecule has 0 saturated carbocycles. The van der Waals surface area contributed by atoms with Crippen molar-refractivity contribution in [2.45, 2.75) is 45.6 Å². The van der Waals surface area contributed by atoms with E-state index in [4.69, 9.17) is 4.98 Å². The van der Waals surface area contributed by atoms with Gasteiger partial charge in [-0.15, -0.1) is 0 Å². The van der Waals surface area contributed by atoms with Crippen LogP contribution in [0.25, 0.3) is 11.2 Å². The van der Waals surface area contributed by atoms with Crippen LogP contribution in [0.4, 0.5) is 5.95 Å². The minimum atomic E-state index is -0.485. The lowest BCUT2D eigenvalue weighted by atomic mass is 9.84. The number of H-pyrrole nitrogens is 1. The summed E-state index contributed by atoms with van der Waals surface area (Å²) in [7, 11) is 1.62. The molecule has 1 fully saturated rings. The third-order valence-corrected chi connectivity index (χ3v) is 6.47. The maximum Gasteiger partial charge on any atom is 0.329 e. The number of aromatic nitrogens is 4. The summed E-state index contributed by atoms with van der Waals surface area (Å²) in [6.45, 7) is 9.25. The zero-order valence-electron chi connectivity index (χ0n) is 19.8. The summed E-state index contributed by atoms with van der Waals surface area (Å²) in [4.78, 5) is 48.7. The van der Waals surface area contributed by atoms with Crippen molar-refractivity contribution in [1.82, 2.24) is 24.0 Å². The summed E-state index contributed by atoms with van der Waals surface area (Å²) in [5.74, 6) is 0.831. The average molecular weight is 453 g/mol. The molecule has 4 rings (SSSR count). The topological polar surface area (TPSA) is 96.2 Å². The number of rotatable bonds is 6. The first-order valence-electron chi connectivity index (χ1n) is 11.5. The third kappa shape index (κ3) is 4.31. The van der Waals surface area contributed by atoms with Crippen LogP contribution in [-0.4, -0.2) is 56.1 Å². The van der Waals surface area contributed by atoms with Crippen molar-refractivity contribution in [2.24, 2.45) is 7.05 Å². The average Bonchev–Trinajstić information content (AvgIpc) is 3.17. The van der Waals surface area contributed by atoms with Gasteiger partial charge in [0.1, 0.15) is 0 Å². The number of amides is 1. The van der Waals surface area contributed by atoms with Crippen molar-refractivity contribution in [3.63, 3.8) is 0 Å². The highest BCUT2D eigenvalue weighted by Crippen LogP contribution is 2.30. The van der Waals surface area contributed by atoms with E-state index in [0.29, 0.717) is 56.3 Å². The van der Waals surface area contributed by atoms with E-state index in [0.717, 1.165) is 12.0 Å². The number of fused-ring (bicyclic) bond motifs is 1. The molecule has 2 aromatic heterocycles. The summed E-state index contributed by atoms with van der Waals surface area (Å²) in [6.07, 6.45) is 1.39. The number of piperazine rings is 1. The highest BCUT2D eigenvalue weighted by molar-refractivity contribution is 5.77. The fourth-order valence-corrected chi connectivity index (χ4v) is 4.52. The quantitative estimate of drug-likeness (QED) is 0.616. The van der Waals surface area contributed by atoms with Gasteiger partial charge in [-0.05, 0) is 12.0 Å². The van der Waals surface area contributed by atoms with Crippen LogP contribution < -0.4 is 16.1 Å². The lowest BCUT2D eigenvalue weighted by Gasteiger charge is -2.36. The van der Waals surface area contributed by atoms with Crippen molar-refractivity contribution in [3.8, 4) is 0 Å². The fourth-order valence-electron chi connectivity index (χ4n) is 4.52. The zero-order valence-corrected chi connectivity index (χ0v) is 19.8. The van der Waals surface area contributed by atoms with Gasteiger partial charge in [-0.3, -0.25) is 19.1 Å². The molecule has 1 saturated heterocycles. The molecule has 0 radical (unpaired) electrons. The Balaban J connectivity index is 1.76. The first kappa shape index (κ1) is 22.8. The summed E-state index contributed by atoms with van der Waals surface area (Å²) < 4.78 is 3.32. The Labute approximate surface area is 192 Å². The monoisotopic (exact) mass is 452 g/mol. The SMILES string of the molecule is CCCC(=O)N1CCN(c2nc3c(c(=O)[nH]c(=O)n3C)n2CC(C)(C)c2ccccc2)CC1. The van der Waals surface area contributed by atoms with Crippen molar-refractivity contribution in [1.29, 1.82) is 0 Å². The van der Waals surface area contributed by atoms with E-state index >= 15 is 0 Å². The van der Waals surface area contributed by atoms with E-state index in [1.54, 1.807) is 7.05 Å². The van der Waals surface area contributed by atoms with Crippen LogP contribution in [-0.2, 0) is 23.8 Å². The molecule has 1 aliphatic rings. The number of aryl methyl sites for hydroxylation is 1. The van der Waals surface area contributed by atoms with Gasteiger partial charge in [0.05, 0.1) is 0 Å². The van der Waals surface area contributed by atoms with Crippen LogP contribution in [0.5, 0.6) is 0 Å². The Morgan fingerprint density at radius 3 is 2.39 bits per heavy atom. The Morgan fingerprint density at radius 1 is 1.09 bits per heavy atom. The number of aromatic amines is 1. The number of hydrogen-bond acceptors (Lipinski definition) is 5. The van der Waals surface area contributed by atoms with Crippen LogP contribution in [0.2, 0.25) is 0 Å². The molecule has 0 spiro atoms. The molecule has 1 aliphatic heterocycles. The Morgan fingerprint density at radius 2 is 1.76 bits per heavy atom. The van der Waals surface area contributed by atoms with Crippen molar-refractivity contribution in [3.05, 3.63) is 56.7 Å². The van der Waals surface area contributed by atoms with E-state index in [1.807, 2.05) is 34.6 Å². The zero-order chi connectivity index (χ0) is 23.8.